The SMILES string of the molecule is CCOc1cc(/C=C(/C#N)c2nc3ccc(OC)cc3[nH]2)cc(I)c1OCc1ccc(Cl)cc1. The minimum absolute atomic E-state index is 0.383. The maximum Gasteiger partial charge on any atom is 0.175 e. The van der Waals surface area contributed by atoms with Crippen LogP contribution in [0.2, 0.25) is 5.02 Å². The molecule has 0 aliphatic rings. The molecule has 0 unspecified atom stereocenters. The van der Waals surface area contributed by atoms with Crippen molar-refractivity contribution in [2.24, 2.45) is 0 Å². The number of nitrogens with one attached hydrogen (secondary N) is 1. The highest BCUT2D eigenvalue weighted by Gasteiger charge is 2.14. The molecule has 0 saturated heterocycles. The van der Waals surface area contributed by atoms with Gasteiger partial charge in [0.2, 0.25) is 0 Å². The number of fused-ring (bicyclic) bond motifs is 1. The van der Waals surface area contributed by atoms with Crippen LogP contribution in [0, 0.1) is 14.9 Å². The smallest absolute Gasteiger partial charge is 0.175 e. The third-order valence-electron chi connectivity index (χ3n) is 5.00. The molecule has 1 aromatic heterocycles. The predicted octanol–water partition coefficient (Wildman–Crippen LogP) is 6.87. The Bertz CT molecular complexity index is 1390. The number of rotatable bonds is 8. The summed E-state index contributed by atoms with van der Waals surface area (Å²) in [7, 11) is 1.61. The molecular weight excluding hydrogens is 565 g/mol. The average molecular weight is 586 g/mol. The van der Waals surface area contributed by atoms with Crippen molar-refractivity contribution in [2.75, 3.05) is 13.7 Å². The van der Waals surface area contributed by atoms with E-state index in [0.717, 1.165) is 31.5 Å². The van der Waals surface area contributed by atoms with E-state index in [4.69, 9.17) is 25.8 Å². The van der Waals surface area contributed by atoms with Crippen LogP contribution in [0.3, 0.4) is 0 Å². The van der Waals surface area contributed by atoms with Gasteiger partial charge < -0.3 is 19.2 Å². The lowest BCUT2D eigenvalue weighted by Gasteiger charge is -2.15. The van der Waals surface area contributed by atoms with E-state index < -0.39 is 0 Å². The van der Waals surface area contributed by atoms with Crippen molar-refractivity contribution in [1.29, 1.82) is 5.26 Å². The lowest BCUT2D eigenvalue weighted by atomic mass is 10.1. The van der Waals surface area contributed by atoms with Crippen molar-refractivity contribution in [3.8, 4) is 23.3 Å². The number of methoxy groups -OCH3 is 1. The average Bonchev–Trinajstić information content (AvgIpc) is 3.26. The van der Waals surface area contributed by atoms with Crippen LogP contribution in [0.15, 0.2) is 54.6 Å². The molecule has 0 radical (unpaired) electrons. The summed E-state index contributed by atoms with van der Waals surface area (Å²) in [6.45, 7) is 2.78. The van der Waals surface area contributed by atoms with Gasteiger partial charge in [0.15, 0.2) is 11.5 Å². The molecule has 0 bridgehead atoms. The molecular formula is C26H21ClIN3O3. The minimum atomic E-state index is 0.383. The zero-order valence-electron chi connectivity index (χ0n) is 18.6. The first-order valence-corrected chi connectivity index (χ1v) is 12.0. The van der Waals surface area contributed by atoms with Gasteiger partial charge >= 0.3 is 0 Å². The van der Waals surface area contributed by atoms with Crippen LogP contribution in [-0.4, -0.2) is 23.7 Å². The maximum atomic E-state index is 9.82. The van der Waals surface area contributed by atoms with Gasteiger partial charge in [-0.3, -0.25) is 0 Å². The maximum absolute atomic E-state index is 9.82. The molecule has 0 aliphatic carbocycles. The van der Waals surface area contributed by atoms with Crippen LogP contribution in [0.4, 0.5) is 0 Å². The predicted molar refractivity (Wildman–Crippen MR) is 142 cm³/mol. The van der Waals surface area contributed by atoms with Gasteiger partial charge in [0.25, 0.3) is 0 Å². The monoisotopic (exact) mass is 585 g/mol. The molecule has 4 rings (SSSR count). The van der Waals surface area contributed by atoms with Crippen molar-refractivity contribution in [2.45, 2.75) is 13.5 Å². The fraction of sp³-hybridized carbons (Fsp3) is 0.154. The molecule has 172 valence electrons. The van der Waals surface area contributed by atoms with E-state index in [9.17, 15) is 5.26 Å². The number of benzene rings is 3. The van der Waals surface area contributed by atoms with Gasteiger partial charge in [-0.1, -0.05) is 23.7 Å². The van der Waals surface area contributed by atoms with Crippen molar-refractivity contribution < 1.29 is 14.2 Å². The van der Waals surface area contributed by atoms with Crippen LogP contribution in [-0.2, 0) is 6.61 Å². The Labute approximate surface area is 216 Å². The highest BCUT2D eigenvalue weighted by atomic mass is 127. The summed E-state index contributed by atoms with van der Waals surface area (Å²) in [6.07, 6.45) is 1.78. The molecule has 1 heterocycles. The highest BCUT2D eigenvalue weighted by molar-refractivity contribution is 14.1. The number of nitriles is 1. The number of hydrogen-bond acceptors (Lipinski definition) is 5. The van der Waals surface area contributed by atoms with E-state index in [2.05, 4.69) is 38.6 Å². The van der Waals surface area contributed by atoms with E-state index in [1.54, 1.807) is 13.2 Å². The molecule has 0 amide bonds. The Kier molecular flexibility index (Phi) is 7.60. The van der Waals surface area contributed by atoms with Gasteiger partial charge in [-0.25, -0.2) is 4.98 Å². The number of imidazole rings is 1. The number of aromatic nitrogens is 2. The third kappa shape index (κ3) is 5.46. The van der Waals surface area contributed by atoms with Gasteiger partial charge in [-0.05, 0) is 83.1 Å². The number of allylic oxidation sites excluding steroid dienone is 1. The molecule has 0 fully saturated rings. The van der Waals surface area contributed by atoms with Crippen LogP contribution in [0.25, 0.3) is 22.7 Å². The fourth-order valence-electron chi connectivity index (χ4n) is 3.37. The van der Waals surface area contributed by atoms with Gasteiger partial charge in [0.1, 0.15) is 24.3 Å². The second kappa shape index (κ2) is 10.8. The van der Waals surface area contributed by atoms with Crippen molar-refractivity contribution in [1.82, 2.24) is 9.97 Å². The van der Waals surface area contributed by atoms with Gasteiger partial charge in [-0.15, -0.1) is 0 Å². The summed E-state index contributed by atoms with van der Waals surface area (Å²) in [5, 5.41) is 10.5. The Balaban J connectivity index is 1.65. The largest absolute Gasteiger partial charge is 0.497 e. The fourth-order valence-corrected chi connectivity index (χ4v) is 4.28. The first-order valence-electron chi connectivity index (χ1n) is 10.5. The quantitative estimate of drug-likeness (QED) is 0.180. The Morgan fingerprint density at radius 2 is 1.94 bits per heavy atom. The number of aromatic amines is 1. The molecule has 8 heteroatoms. The number of hydrogen-bond donors (Lipinski definition) is 1. The molecule has 34 heavy (non-hydrogen) atoms. The molecule has 0 atom stereocenters. The van der Waals surface area contributed by atoms with Gasteiger partial charge in [0, 0.05) is 11.1 Å². The second-order valence-electron chi connectivity index (χ2n) is 7.32. The summed E-state index contributed by atoms with van der Waals surface area (Å²) in [5.41, 5.74) is 3.77. The van der Waals surface area contributed by atoms with E-state index in [-0.39, 0.29) is 0 Å². The molecule has 3 aromatic carbocycles. The summed E-state index contributed by atoms with van der Waals surface area (Å²) in [6, 6.07) is 19.1. The van der Waals surface area contributed by atoms with Crippen LogP contribution < -0.4 is 14.2 Å². The topological polar surface area (TPSA) is 80.2 Å². The zero-order chi connectivity index (χ0) is 24.1. The van der Waals surface area contributed by atoms with Gasteiger partial charge in [-0.2, -0.15) is 5.26 Å². The lowest BCUT2D eigenvalue weighted by Crippen LogP contribution is -2.02. The molecule has 0 spiro atoms. The Morgan fingerprint density at radius 3 is 2.65 bits per heavy atom. The van der Waals surface area contributed by atoms with Crippen LogP contribution >= 0.6 is 34.2 Å². The van der Waals surface area contributed by atoms with E-state index in [1.165, 1.54) is 0 Å². The van der Waals surface area contributed by atoms with E-state index in [1.807, 2.05) is 61.5 Å². The minimum Gasteiger partial charge on any atom is -0.497 e. The molecule has 4 aromatic rings. The lowest BCUT2D eigenvalue weighted by molar-refractivity contribution is 0.267. The number of halogens is 2. The summed E-state index contributed by atoms with van der Waals surface area (Å²) < 4.78 is 18.1. The van der Waals surface area contributed by atoms with Crippen LogP contribution in [0.1, 0.15) is 23.9 Å². The van der Waals surface area contributed by atoms with E-state index >= 15 is 0 Å². The first-order chi connectivity index (χ1) is 16.5. The second-order valence-corrected chi connectivity index (χ2v) is 8.92. The summed E-state index contributed by atoms with van der Waals surface area (Å²) >= 11 is 8.19. The molecule has 0 aliphatic heterocycles. The number of nitrogens with zero attached hydrogens (tertiary/aromatic N) is 2. The first kappa shape index (κ1) is 23.9. The molecule has 1 N–H and O–H groups in total. The molecule has 0 saturated carbocycles. The van der Waals surface area contributed by atoms with Crippen LogP contribution in [0.5, 0.6) is 17.2 Å². The van der Waals surface area contributed by atoms with Crippen molar-refractivity contribution in [3.05, 3.63) is 80.1 Å². The van der Waals surface area contributed by atoms with Crippen molar-refractivity contribution >= 4 is 56.9 Å². The summed E-state index contributed by atoms with van der Waals surface area (Å²) in [4.78, 5) is 7.75. The highest BCUT2D eigenvalue weighted by Crippen LogP contribution is 2.36. The normalized spacial score (nSPS) is 11.3. The van der Waals surface area contributed by atoms with E-state index in [0.29, 0.717) is 41.1 Å². The number of H-pyrrole nitrogens is 1. The summed E-state index contributed by atoms with van der Waals surface area (Å²) in [5.74, 6) is 2.47. The molecule has 6 nitrogen and oxygen atoms in total. The zero-order valence-corrected chi connectivity index (χ0v) is 21.5. The third-order valence-corrected chi connectivity index (χ3v) is 6.06. The van der Waals surface area contributed by atoms with Crippen molar-refractivity contribution in [3.63, 3.8) is 0 Å². The number of ether oxygens (including phenoxy) is 3. The van der Waals surface area contributed by atoms with Gasteiger partial charge in [0.05, 0.1) is 33.9 Å². The standard InChI is InChI=1S/C26H21ClIN3O3/c1-3-33-24-12-17(11-21(28)25(24)34-15-16-4-6-19(27)7-5-16)10-18(14-29)26-30-22-9-8-20(32-2)13-23(22)31-26/h4-13H,3,15H2,1-2H3,(H,30,31)/b18-10-. The Hall–Kier alpha value is -3.22. The Morgan fingerprint density at radius 1 is 1.15 bits per heavy atom.